The first kappa shape index (κ1) is 27.4. The van der Waals surface area contributed by atoms with E-state index in [0.717, 1.165) is 31.5 Å². The first-order valence-electron chi connectivity index (χ1n) is 16.2. The van der Waals surface area contributed by atoms with Gasteiger partial charge in [0.25, 0.3) is 0 Å². The Morgan fingerprint density at radius 1 is 0.822 bits per heavy atom. The lowest BCUT2D eigenvalue weighted by Gasteiger charge is -2.39. The summed E-state index contributed by atoms with van der Waals surface area (Å²) < 4.78 is 0. The van der Waals surface area contributed by atoms with E-state index in [-0.39, 0.29) is 11.8 Å². The van der Waals surface area contributed by atoms with Gasteiger partial charge in [0.15, 0.2) is 0 Å². The van der Waals surface area contributed by atoms with E-state index < -0.39 is 0 Å². The highest BCUT2D eigenvalue weighted by Gasteiger charge is 2.35. The maximum absolute atomic E-state index is 4.87. The van der Waals surface area contributed by atoms with Crippen molar-refractivity contribution >= 4 is 40.5 Å². The quantitative estimate of drug-likeness (QED) is 0.245. The Hall–Kier alpha value is -5.15. The number of nitrogens with one attached hydrogen (secondary N) is 2. The molecule has 3 heterocycles. The summed E-state index contributed by atoms with van der Waals surface area (Å²) in [4.78, 5) is 4.87. The minimum absolute atomic E-state index is 0.222. The molecule has 0 bridgehead atoms. The van der Waals surface area contributed by atoms with E-state index >= 15 is 0 Å². The molecule has 0 spiro atoms. The summed E-state index contributed by atoms with van der Waals surface area (Å²) in [6, 6.07) is 33.3. The van der Waals surface area contributed by atoms with Crippen molar-refractivity contribution < 1.29 is 0 Å². The molecular weight excluding hydrogens is 546 g/mol. The number of aliphatic imine (C=N–C) groups is 1. The first-order chi connectivity index (χ1) is 22.3. The standard InChI is InChI=1S/C42H37N3/c1-2-33(28-13-5-3-6-14-28)41-35-19-10-9-18-34(35)38(39(45-41)31-15-7-4-8-16-31)30-23-21-29(22-24-30)37-27-32-17-11-25-43-40(32)42-36(37)20-12-26-44-42/h3-11,13-19,21-24,26-27,34-35,43,45H,2,12,20,25H2,1H3/b41-33+. The van der Waals surface area contributed by atoms with Crippen LogP contribution in [-0.4, -0.2) is 12.8 Å². The third kappa shape index (κ3) is 4.89. The highest BCUT2D eigenvalue weighted by Crippen LogP contribution is 2.48. The normalized spacial score (nSPS) is 20.6. The van der Waals surface area contributed by atoms with Crippen LogP contribution in [0.3, 0.4) is 0 Å². The minimum Gasteiger partial charge on any atom is -0.379 e. The molecule has 3 nitrogen and oxygen atoms in total. The second-order valence-electron chi connectivity index (χ2n) is 12.1. The molecule has 2 unspecified atom stereocenters. The summed E-state index contributed by atoms with van der Waals surface area (Å²) in [6.45, 7) is 3.12. The van der Waals surface area contributed by atoms with Crippen LogP contribution in [0.25, 0.3) is 34.0 Å². The zero-order valence-electron chi connectivity index (χ0n) is 25.6. The van der Waals surface area contributed by atoms with Crippen LogP contribution in [0.15, 0.2) is 132 Å². The van der Waals surface area contributed by atoms with Crippen LogP contribution < -0.4 is 10.6 Å². The minimum atomic E-state index is 0.222. The van der Waals surface area contributed by atoms with Gasteiger partial charge in [0.1, 0.15) is 0 Å². The van der Waals surface area contributed by atoms with Crippen LogP contribution in [0.4, 0.5) is 11.4 Å². The molecule has 2 atom stereocenters. The molecule has 4 aliphatic rings. The van der Waals surface area contributed by atoms with Crippen molar-refractivity contribution in [2.75, 3.05) is 11.9 Å². The smallest absolute Gasteiger partial charge is 0.0901 e. The highest BCUT2D eigenvalue weighted by molar-refractivity contribution is 5.96. The van der Waals surface area contributed by atoms with Crippen LogP contribution in [0.5, 0.6) is 0 Å². The molecule has 45 heavy (non-hydrogen) atoms. The number of hydrogen-bond donors (Lipinski definition) is 2. The Morgan fingerprint density at radius 2 is 1.56 bits per heavy atom. The molecule has 0 radical (unpaired) electrons. The van der Waals surface area contributed by atoms with Crippen molar-refractivity contribution in [1.29, 1.82) is 0 Å². The molecule has 0 amide bonds. The molecule has 1 aliphatic carbocycles. The summed E-state index contributed by atoms with van der Waals surface area (Å²) in [5.74, 6) is 0.455. The number of anilines is 1. The van der Waals surface area contributed by atoms with Gasteiger partial charge in [-0.1, -0.05) is 128 Å². The Balaban J connectivity index is 1.28. The summed E-state index contributed by atoms with van der Waals surface area (Å²) in [5.41, 5.74) is 16.3. The van der Waals surface area contributed by atoms with Crippen LogP contribution in [0.1, 0.15) is 47.6 Å². The van der Waals surface area contributed by atoms with Gasteiger partial charge in [-0.15, -0.1) is 0 Å². The fraction of sp³-hybridized carbons (Fsp3) is 0.167. The lowest BCUT2D eigenvalue weighted by Crippen LogP contribution is -2.33. The zero-order chi connectivity index (χ0) is 30.2. The van der Waals surface area contributed by atoms with Gasteiger partial charge in [0, 0.05) is 35.9 Å². The van der Waals surface area contributed by atoms with Gasteiger partial charge in [-0.3, -0.25) is 4.99 Å². The molecule has 3 heteroatoms. The van der Waals surface area contributed by atoms with E-state index in [9.17, 15) is 0 Å². The van der Waals surface area contributed by atoms with Gasteiger partial charge in [-0.25, -0.2) is 0 Å². The topological polar surface area (TPSA) is 36.4 Å². The number of rotatable bonds is 5. The molecule has 4 aromatic rings. The molecule has 0 aromatic heterocycles. The number of fused-ring (bicyclic) bond motifs is 4. The third-order valence-electron chi connectivity index (χ3n) is 9.58. The molecule has 0 fully saturated rings. The van der Waals surface area contributed by atoms with Gasteiger partial charge in [0.2, 0.25) is 0 Å². The SMILES string of the molecule is CC/C(=C1\NC(c2ccccc2)=C(c2ccc(-c3cc4c(c5c3CCC=N5)NCC=C4)cc2)C2C=CC=CC12)c1ccccc1. The monoisotopic (exact) mass is 583 g/mol. The summed E-state index contributed by atoms with van der Waals surface area (Å²) in [7, 11) is 0. The lowest BCUT2D eigenvalue weighted by atomic mass is 9.72. The van der Waals surface area contributed by atoms with Gasteiger partial charge >= 0.3 is 0 Å². The Labute approximate surface area is 266 Å². The summed E-state index contributed by atoms with van der Waals surface area (Å²) in [6.07, 6.45) is 18.6. The van der Waals surface area contributed by atoms with Crippen molar-refractivity contribution in [3.8, 4) is 11.1 Å². The zero-order valence-corrected chi connectivity index (χ0v) is 25.6. The van der Waals surface area contributed by atoms with E-state index in [1.54, 1.807) is 0 Å². The van der Waals surface area contributed by atoms with Crippen LogP contribution >= 0.6 is 0 Å². The van der Waals surface area contributed by atoms with Crippen molar-refractivity contribution in [2.24, 2.45) is 16.8 Å². The van der Waals surface area contributed by atoms with Crippen molar-refractivity contribution in [3.05, 3.63) is 155 Å². The van der Waals surface area contributed by atoms with E-state index in [1.165, 1.54) is 67.2 Å². The fourth-order valence-corrected chi connectivity index (χ4v) is 7.49. The summed E-state index contributed by atoms with van der Waals surface area (Å²) in [5, 5.41) is 7.60. The van der Waals surface area contributed by atoms with Gasteiger partial charge < -0.3 is 10.6 Å². The molecule has 0 saturated heterocycles. The molecule has 220 valence electrons. The molecule has 2 N–H and O–H groups in total. The average Bonchev–Trinajstić information content (AvgIpc) is 3.12. The summed E-state index contributed by atoms with van der Waals surface area (Å²) >= 11 is 0. The molecule has 3 aliphatic heterocycles. The van der Waals surface area contributed by atoms with E-state index in [2.05, 4.69) is 151 Å². The second-order valence-corrected chi connectivity index (χ2v) is 12.1. The maximum Gasteiger partial charge on any atom is 0.0901 e. The first-order valence-corrected chi connectivity index (χ1v) is 16.2. The van der Waals surface area contributed by atoms with E-state index in [1.807, 2.05) is 0 Å². The predicted octanol–water partition coefficient (Wildman–Crippen LogP) is 10.1. The van der Waals surface area contributed by atoms with Crippen LogP contribution in [0, 0.1) is 11.8 Å². The third-order valence-corrected chi connectivity index (χ3v) is 9.58. The average molecular weight is 584 g/mol. The molecule has 8 rings (SSSR count). The van der Waals surface area contributed by atoms with E-state index in [0.29, 0.717) is 0 Å². The fourth-order valence-electron chi connectivity index (χ4n) is 7.49. The number of benzene rings is 4. The number of hydrogen-bond acceptors (Lipinski definition) is 3. The Bertz CT molecular complexity index is 1940. The van der Waals surface area contributed by atoms with Crippen LogP contribution in [-0.2, 0) is 6.42 Å². The Kier molecular flexibility index (Phi) is 7.15. The van der Waals surface area contributed by atoms with Gasteiger partial charge in [-0.2, -0.15) is 0 Å². The Morgan fingerprint density at radius 3 is 2.33 bits per heavy atom. The van der Waals surface area contributed by atoms with Gasteiger partial charge in [-0.05, 0) is 69.9 Å². The lowest BCUT2D eigenvalue weighted by molar-refractivity contribution is 0.601. The number of allylic oxidation sites excluding steroid dienone is 6. The highest BCUT2D eigenvalue weighted by atomic mass is 14.9. The van der Waals surface area contributed by atoms with Crippen molar-refractivity contribution in [2.45, 2.75) is 26.2 Å². The van der Waals surface area contributed by atoms with E-state index in [4.69, 9.17) is 4.99 Å². The number of nitrogens with zero attached hydrogens (tertiary/aromatic N) is 1. The molecule has 0 saturated carbocycles. The predicted molar refractivity (Wildman–Crippen MR) is 191 cm³/mol. The van der Waals surface area contributed by atoms with Crippen molar-refractivity contribution in [3.63, 3.8) is 0 Å². The van der Waals surface area contributed by atoms with Gasteiger partial charge in [0.05, 0.1) is 17.1 Å². The largest absolute Gasteiger partial charge is 0.379 e. The molecular formula is C42H37N3. The maximum atomic E-state index is 4.87. The molecule has 4 aromatic carbocycles. The van der Waals surface area contributed by atoms with Crippen LogP contribution in [0.2, 0.25) is 0 Å². The second kappa shape index (κ2) is 11.7. The van der Waals surface area contributed by atoms with Crippen molar-refractivity contribution in [1.82, 2.24) is 5.32 Å².